The van der Waals surface area contributed by atoms with Crippen LogP contribution in [-0.4, -0.2) is 16.6 Å². The summed E-state index contributed by atoms with van der Waals surface area (Å²) < 4.78 is 8.46. The van der Waals surface area contributed by atoms with Crippen LogP contribution in [0.5, 0.6) is 5.75 Å². The zero-order valence-corrected chi connectivity index (χ0v) is 21.1. The summed E-state index contributed by atoms with van der Waals surface area (Å²) >= 11 is 1.82. The molecule has 0 unspecified atom stereocenters. The van der Waals surface area contributed by atoms with Gasteiger partial charge in [-0.25, -0.2) is 9.97 Å². The van der Waals surface area contributed by atoms with Crippen molar-refractivity contribution >= 4 is 17.2 Å². The van der Waals surface area contributed by atoms with E-state index in [1.54, 1.807) is 0 Å². The number of anilines is 1. The van der Waals surface area contributed by atoms with Gasteiger partial charge in [-0.15, -0.1) is 0 Å². The van der Waals surface area contributed by atoms with Gasteiger partial charge in [0.1, 0.15) is 17.4 Å². The zero-order valence-electron chi connectivity index (χ0n) is 20.3. The van der Waals surface area contributed by atoms with Crippen molar-refractivity contribution < 1.29 is 9.30 Å². The third-order valence-electron chi connectivity index (χ3n) is 6.04. The van der Waals surface area contributed by atoms with Gasteiger partial charge in [-0.2, -0.15) is 4.57 Å². The molecule has 180 valence electrons. The smallest absolute Gasteiger partial charge is 0.269 e. The molecule has 3 aromatic carbocycles. The first kappa shape index (κ1) is 23.7. The van der Waals surface area contributed by atoms with Crippen molar-refractivity contribution in [2.75, 3.05) is 12.3 Å². The molecule has 36 heavy (non-hydrogen) atoms. The Labute approximate surface area is 215 Å². The summed E-state index contributed by atoms with van der Waals surface area (Å²) in [6.07, 6.45) is 3.48. The van der Waals surface area contributed by atoms with Crippen LogP contribution in [0, 0.1) is 6.92 Å². The average Bonchev–Trinajstić information content (AvgIpc) is 3.24. The number of aromatic nitrogens is 3. The Balaban J connectivity index is 1.56. The summed E-state index contributed by atoms with van der Waals surface area (Å²) in [4.78, 5) is 10.1. The number of nitrogens with zero attached hydrogens (tertiary/aromatic N) is 3. The SMILES string of the molecule is Cc1ncc(C[n+]2c(-c3ccccc3)sc(CCOc3ccccc3)c2Cc2ccccc2)c(N)n1. The van der Waals surface area contributed by atoms with Gasteiger partial charge in [-0.3, -0.25) is 0 Å². The van der Waals surface area contributed by atoms with Gasteiger partial charge in [0, 0.05) is 12.6 Å². The summed E-state index contributed by atoms with van der Waals surface area (Å²) in [5.41, 5.74) is 11.0. The number of aryl methyl sites for hydroxylation is 1. The number of ether oxygens (including phenoxy) is 1. The monoisotopic (exact) mass is 493 g/mol. The molecule has 5 aromatic rings. The third-order valence-corrected chi connectivity index (χ3v) is 7.37. The lowest BCUT2D eigenvalue weighted by atomic mass is 10.1. The predicted molar refractivity (Wildman–Crippen MR) is 145 cm³/mol. The van der Waals surface area contributed by atoms with Crippen molar-refractivity contribution in [1.82, 2.24) is 9.97 Å². The number of thiazole rings is 1. The van der Waals surface area contributed by atoms with Crippen molar-refractivity contribution in [2.45, 2.75) is 26.3 Å². The lowest BCUT2D eigenvalue weighted by Crippen LogP contribution is -2.39. The average molecular weight is 494 g/mol. The lowest BCUT2D eigenvalue weighted by molar-refractivity contribution is -0.680. The van der Waals surface area contributed by atoms with Gasteiger partial charge >= 0.3 is 0 Å². The molecule has 2 heterocycles. The number of benzene rings is 3. The summed E-state index contributed by atoms with van der Waals surface area (Å²) in [7, 11) is 0. The molecule has 0 bridgehead atoms. The molecule has 0 atom stereocenters. The number of hydrogen-bond acceptors (Lipinski definition) is 5. The molecule has 2 N–H and O–H groups in total. The fraction of sp³-hybridized carbons (Fsp3) is 0.167. The minimum atomic E-state index is 0.528. The maximum absolute atomic E-state index is 6.33. The fourth-order valence-corrected chi connectivity index (χ4v) is 5.49. The predicted octanol–water partition coefficient (Wildman–Crippen LogP) is 5.64. The van der Waals surface area contributed by atoms with E-state index < -0.39 is 0 Å². The second kappa shape index (κ2) is 11.1. The van der Waals surface area contributed by atoms with E-state index in [4.69, 9.17) is 10.5 Å². The van der Waals surface area contributed by atoms with E-state index in [2.05, 4.69) is 69.1 Å². The largest absolute Gasteiger partial charge is 0.493 e. The molecule has 0 aliphatic heterocycles. The van der Waals surface area contributed by atoms with Gasteiger partial charge in [0.05, 0.1) is 29.0 Å². The van der Waals surface area contributed by atoms with E-state index in [9.17, 15) is 0 Å². The first-order valence-electron chi connectivity index (χ1n) is 12.1. The van der Waals surface area contributed by atoms with Gasteiger partial charge in [-0.1, -0.05) is 78.1 Å². The summed E-state index contributed by atoms with van der Waals surface area (Å²) in [6, 6.07) is 31.1. The number of nitrogens with two attached hydrogens (primary N) is 1. The van der Waals surface area contributed by atoms with Crippen molar-refractivity contribution in [2.24, 2.45) is 0 Å². The van der Waals surface area contributed by atoms with Crippen LogP contribution in [-0.2, 0) is 19.4 Å². The second-order valence-electron chi connectivity index (χ2n) is 8.63. The molecule has 0 fully saturated rings. The van der Waals surface area contributed by atoms with E-state index in [0.29, 0.717) is 24.8 Å². The first-order valence-corrected chi connectivity index (χ1v) is 12.9. The van der Waals surface area contributed by atoms with E-state index in [-0.39, 0.29) is 0 Å². The summed E-state index contributed by atoms with van der Waals surface area (Å²) in [5, 5.41) is 1.19. The third kappa shape index (κ3) is 5.61. The van der Waals surface area contributed by atoms with Gasteiger partial charge < -0.3 is 10.5 Å². The molecule has 5 nitrogen and oxygen atoms in total. The molecule has 0 amide bonds. The Kier molecular flexibility index (Phi) is 7.33. The Bertz CT molecular complexity index is 1420. The van der Waals surface area contributed by atoms with Gasteiger partial charge in [0.25, 0.3) is 5.01 Å². The Morgan fingerprint density at radius 2 is 1.56 bits per heavy atom. The Morgan fingerprint density at radius 3 is 2.25 bits per heavy atom. The van der Waals surface area contributed by atoms with Crippen LogP contribution in [0.25, 0.3) is 10.6 Å². The molecule has 0 aliphatic carbocycles. The quantitative estimate of drug-likeness (QED) is 0.270. The minimum absolute atomic E-state index is 0.528. The first-order chi connectivity index (χ1) is 17.7. The lowest BCUT2D eigenvalue weighted by Gasteiger charge is -2.08. The van der Waals surface area contributed by atoms with E-state index in [1.165, 1.54) is 26.7 Å². The van der Waals surface area contributed by atoms with Crippen LogP contribution in [0.15, 0.2) is 97.2 Å². The zero-order chi connectivity index (χ0) is 24.7. The van der Waals surface area contributed by atoms with Crippen molar-refractivity contribution in [3.63, 3.8) is 0 Å². The highest BCUT2D eigenvalue weighted by molar-refractivity contribution is 7.14. The second-order valence-corrected chi connectivity index (χ2v) is 9.71. The number of hydrogen-bond donors (Lipinski definition) is 1. The molecule has 0 saturated carbocycles. The molecule has 0 aliphatic rings. The number of rotatable bonds is 9. The van der Waals surface area contributed by atoms with E-state index >= 15 is 0 Å². The Hall–Kier alpha value is -4.03. The van der Waals surface area contributed by atoms with Gasteiger partial charge in [0.15, 0.2) is 6.54 Å². The summed E-state index contributed by atoms with van der Waals surface area (Å²) in [6.45, 7) is 3.07. The van der Waals surface area contributed by atoms with Gasteiger partial charge in [0.2, 0.25) is 5.69 Å². The van der Waals surface area contributed by atoms with Crippen LogP contribution in [0.1, 0.15) is 27.5 Å². The highest BCUT2D eigenvalue weighted by atomic mass is 32.1. The van der Waals surface area contributed by atoms with Crippen LogP contribution in [0.4, 0.5) is 5.82 Å². The summed E-state index contributed by atoms with van der Waals surface area (Å²) in [5.74, 6) is 2.09. The topological polar surface area (TPSA) is 64.9 Å². The maximum atomic E-state index is 6.33. The standard InChI is InChI=1S/C30H29N4OS/c1-22-32-20-25(29(31)33-22)21-34-27(19-23-11-5-2-6-12-23)28(17-18-35-26-15-9-4-10-16-26)36-30(34)24-13-7-3-8-14-24/h2-16,20H,17-19,21H2,1H3,(H2,31,32,33)/q+1. The normalized spacial score (nSPS) is 10.9. The van der Waals surface area contributed by atoms with Crippen LogP contribution in [0.2, 0.25) is 0 Å². The number of para-hydroxylation sites is 1. The van der Waals surface area contributed by atoms with Crippen molar-refractivity contribution in [3.05, 3.63) is 125 Å². The van der Waals surface area contributed by atoms with Gasteiger partial charge in [-0.05, 0) is 36.8 Å². The van der Waals surface area contributed by atoms with Crippen LogP contribution in [0.3, 0.4) is 0 Å². The van der Waals surface area contributed by atoms with Crippen molar-refractivity contribution in [1.29, 1.82) is 0 Å². The minimum Gasteiger partial charge on any atom is -0.493 e. The highest BCUT2D eigenvalue weighted by Gasteiger charge is 2.28. The molecule has 2 aromatic heterocycles. The molecule has 0 radical (unpaired) electrons. The Morgan fingerprint density at radius 1 is 0.889 bits per heavy atom. The maximum Gasteiger partial charge on any atom is 0.269 e. The molecular formula is C30H29N4OS+. The molecule has 0 saturated heterocycles. The van der Waals surface area contributed by atoms with E-state index in [1.807, 2.05) is 60.9 Å². The van der Waals surface area contributed by atoms with Crippen LogP contribution >= 0.6 is 11.3 Å². The molecule has 5 rings (SSSR count). The number of nitrogen functional groups attached to an aromatic ring is 1. The highest BCUT2D eigenvalue weighted by Crippen LogP contribution is 2.29. The fourth-order valence-electron chi connectivity index (χ4n) is 4.23. The molecular weight excluding hydrogens is 464 g/mol. The van der Waals surface area contributed by atoms with E-state index in [0.717, 1.165) is 24.2 Å². The molecule has 0 spiro atoms. The van der Waals surface area contributed by atoms with Crippen molar-refractivity contribution in [3.8, 4) is 16.3 Å². The van der Waals surface area contributed by atoms with Crippen LogP contribution < -0.4 is 15.0 Å². The molecule has 6 heteroatoms.